The van der Waals surface area contributed by atoms with Crippen LogP contribution in [0.15, 0.2) is 0 Å². The van der Waals surface area contributed by atoms with Crippen LogP contribution < -0.4 is 5.32 Å². The van der Waals surface area contributed by atoms with Crippen LogP contribution in [0.3, 0.4) is 0 Å². The summed E-state index contributed by atoms with van der Waals surface area (Å²) in [5.74, 6) is 0. The monoisotopic (exact) mass is 191 g/mol. The lowest BCUT2D eigenvalue weighted by Gasteiger charge is -2.74. The van der Waals surface area contributed by atoms with Crippen LogP contribution in [0, 0.1) is 5.41 Å². The van der Waals surface area contributed by atoms with Gasteiger partial charge in [-0.1, -0.05) is 0 Å². The molecule has 2 nitrogen and oxygen atoms in total. The number of halogens is 1. The van der Waals surface area contributed by atoms with Crippen molar-refractivity contribution in [3.05, 3.63) is 0 Å². The summed E-state index contributed by atoms with van der Waals surface area (Å²) in [5.41, 5.74) is 0.210. The van der Waals surface area contributed by atoms with Crippen LogP contribution in [-0.2, 0) is 0 Å². The quantitative estimate of drug-likeness (QED) is 0.690. The summed E-state index contributed by atoms with van der Waals surface area (Å²) in [6, 6.07) is 0. The van der Waals surface area contributed by atoms with Crippen LogP contribution in [-0.4, -0.2) is 23.3 Å². The second-order valence-corrected chi connectivity index (χ2v) is 4.90. The number of nitrogens with one attached hydrogen (secondary N) is 1. The Hall–Kier alpha value is 0.210. The minimum atomic E-state index is -0.467. The summed E-state index contributed by atoms with van der Waals surface area (Å²) in [7, 11) is 2.02. The number of aliphatic hydroxyl groups is 1. The zero-order valence-electron chi connectivity index (χ0n) is 7.98. The van der Waals surface area contributed by atoms with Crippen molar-refractivity contribution in [1.82, 2.24) is 5.32 Å². The van der Waals surface area contributed by atoms with Crippen LogP contribution in [0.4, 0.5) is 0 Å². The van der Waals surface area contributed by atoms with E-state index in [2.05, 4.69) is 5.32 Å². The van der Waals surface area contributed by atoms with Crippen molar-refractivity contribution in [3.8, 4) is 0 Å². The smallest absolute Gasteiger partial charge is 0.0649 e. The van der Waals surface area contributed by atoms with Crippen LogP contribution in [0.25, 0.3) is 0 Å². The standard InChI is InChI=1S/C9H17NO.ClH/c1-7(2,11)8-4-9(5-8,6-8)10-3;/h10-11H,4-6H2,1-3H3;1H. The predicted molar refractivity (Wildman–Crippen MR) is 51.6 cm³/mol. The van der Waals surface area contributed by atoms with E-state index in [1.54, 1.807) is 0 Å². The molecular weight excluding hydrogens is 174 g/mol. The Morgan fingerprint density at radius 2 is 1.67 bits per heavy atom. The second kappa shape index (κ2) is 2.37. The van der Waals surface area contributed by atoms with Crippen molar-refractivity contribution < 1.29 is 5.11 Å². The van der Waals surface area contributed by atoms with Crippen molar-refractivity contribution in [1.29, 1.82) is 0 Å². The van der Waals surface area contributed by atoms with E-state index in [1.807, 2.05) is 20.9 Å². The highest BCUT2D eigenvalue weighted by molar-refractivity contribution is 5.85. The van der Waals surface area contributed by atoms with E-state index in [0.29, 0.717) is 5.54 Å². The lowest BCUT2D eigenvalue weighted by atomic mass is 9.35. The predicted octanol–water partition coefficient (Wildman–Crippen LogP) is 1.32. The molecule has 0 heterocycles. The highest BCUT2D eigenvalue weighted by Crippen LogP contribution is 2.71. The zero-order valence-corrected chi connectivity index (χ0v) is 8.79. The third-order valence-electron chi connectivity index (χ3n) is 3.86. The summed E-state index contributed by atoms with van der Waals surface area (Å²) in [6.07, 6.45) is 3.50. The highest BCUT2D eigenvalue weighted by Gasteiger charge is 2.72. The van der Waals surface area contributed by atoms with Crippen LogP contribution >= 0.6 is 12.4 Å². The molecule has 72 valence electrons. The van der Waals surface area contributed by atoms with E-state index >= 15 is 0 Å². The summed E-state index contributed by atoms with van der Waals surface area (Å²) in [6.45, 7) is 3.87. The van der Waals surface area contributed by atoms with Gasteiger partial charge in [-0.15, -0.1) is 12.4 Å². The van der Waals surface area contributed by atoms with Gasteiger partial charge < -0.3 is 10.4 Å². The topological polar surface area (TPSA) is 32.3 Å². The Bertz CT molecular complexity index is 177. The van der Waals surface area contributed by atoms with E-state index < -0.39 is 5.60 Å². The molecule has 3 heteroatoms. The minimum absolute atomic E-state index is 0. The maximum Gasteiger partial charge on any atom is 0.0649 e. The van der Waals surface area contributed by atoms with Crippen molar-refractivity contribution in [2.75, 3.05) is 7.05 Å². The van der Waals surface area contributed by atoms with E-state index in [1.165, 1.54) is 19.3 Å². The van der Waals surface area contributed by atoms with Crippen LogP contribution in [0.5, 0.6) is 0 Å². The van der Waals surface area contributed by atoms with Gasteiger partial charge in [0.1, 0.15) is 0 Å². The average molecular weight is 192 g/mol. The first kappa shape index (κ1) is 10.3. The third kappa shape index (κ3) is 0.949. The Kier molecular flexibility index (Phi) is 2.03. The molecule has 3 aliphatic rings. The van der Waals surface area contributed by atoms with Gasteiger partial charge in [-0.05, 0) is 40.2 Å². The van der Waals surface area contributed by atoms with Gasteiger partial charge in [0, 0.05) is 11.0 Å². The fourth-order valence-corrected chi connectivity index (χ4v) is 2.70. The molecule has 3 fully saturated rings. The summed E-state index contributed by atoms with van der Waals surface area (Å²) in [5, 5.41) is 13.1. The molecule has 0 unspecified atom stereocenters. The lowest BCUT2D eigenvalue weighted by Crippen LogP contribution is -2.78. The molecule has 3 rings (SSSR count). The molecule has 0 aromatic heterocycles. The van der Waals surface area contributed by atoms with Gasteiger partial charge in [-0.25, -0.2) is 0 Å². The van der Waals surface area contributed by atoms with Gasteiger partial charge in [-0.3, -0.25) is 0 Å². The molecule has 3 saturated carbocycles. The fourth-order valence-electron chi connectivity index (χ4n) is 2.70. The number of hydrogen-bond donors (Lipinski definition) is 2. The van der Waals surface area contributed by atoms with E-state index in [9.17, 15) is 5.11 Å². The van der Waals surface area contributed by atoms with Crippen LogP contribution in [0.1, 0.15) is 33.1 Å². The molecule has 0 spiro atoms. The van der Waals surface area contributed by atoms with Crippen LogP contribution in [0.2, 0.25) is 0 Å². The maximum atomic E-state index is 9.82. The van der Waals surface area contributed by atoms with Gasteiger partial charge >= 0.3 is 0 Å². The Morgan fingerprint density at radius 3 is 1.92 bits per heavy atom. The molecule has 0 atom stereocenters. The molecule has 0 aromatic carbocycles. The zero-order chi connectivity index (χ0) is 8.33. The van der Waals surface area contributed by atoms with E-state index in [4.69, 9.17) is 0 Å². The van der Waals surface area contributed by atoms with Crippen molar-refractivity contribution >= 4 is 12.4 Å². The van der Waals surface area contributed by atoms with Crippen molar-refractivity contribution in [2.45, 2.75) is 44.2 Å². The molecule has 2 N–H and O–H groups in total. The van der Waals surface area contributed by atoms with E-state index in [0.717, 1.165) is 0 Å². The SMILES string of the molecule is CNC12CC(C(C)(C)O)(C1)C2.Cl. The Labute approximate surface area is 80.1 Å². The summed E-state index contributed by atoms with van der Waals surface area (Å²) >= 11 is 0. The van der Waals surface area contributed by atoms with Gasteiger partial charge in [0.15, 0.2) is 0 Å². The maximum absolute atomic E-state index is 9.82. The first-order valence-corrected chi connectivity index (χ1v) is 4.34. The number of rotatable bonds is 2. The van der Waals surface area contributed by atoms with E-state index in [-0.39, 0.29) is 17.8 Å². The van der Waals surface area contributed by atoms with Gasteiger partial charge in [0.2, 0.25) is 0 Å². The molecule has 0 radical (unpaired) electrons. The van der Waals surface area contributed by atoms with Gasteiger partial charge in [-0.2, -0.15) is 0 Å². The minimum Gasteiger partial charge on any atom is -0.390 e. The Morgan fingerprint density at radius 1 is 1.25 bits per heavy atom. The molecule has 0 amide bonds. The molecular formula is C9H18ClNO. The first-order chi connectivity index (χ1) is 4.93. The fraction of sp³-hybridized carbons (Fsp3) is 1.00. The largest absolute Gasteiger partial charge is 0.390 e. The average Bonchev–Trinajstić information content (AvgIpc) is 1.53. The molecule has 0 aromatic rings. The van der Waals surface area contributed by atoms with Gasteiger partial charge in [0.05, 0.1) is 5.60 Å². The Balaban J connectivity index is 0.000000720. The normalized spacial score (nSPS) is 44.0. The summed E-state index contributed by atoms with van der Waals surface area (Å²) in [4.78, 5) is 0. The van der Waals surface area contributed by atoms with Crippen molar-refractivity contribution in [3.63, 3.8) is 0 Å². The molecule has 2 bridgehead atoms. The molecule has 3 aliphatic carbocycles. The number of hydrogen-bond acceptors (Lipinski definition) is 2. The highest BCUT2D eigenvalue weighted by atomic mass is 35.5. The second-order valence-electron chi connectivity index (χ2n) is 4.90. The van der Waals surface area contributed by atoms with Gasteiger partial charge in [0.25, 0.3) is 0 Å². The lowest BCUT2D eigenvalue weighted by molar-refractivity contribution is -0.249. The summed E-state index contributed by atoms with van der Waals surface area (Å²) < 4.78 is 0. The first-order valence-electron chi connectivity index (χ1n) is 4.34. The molecule has 0 aliphatic heterocycles. The molecule has 12 heavy (non-hydrogen) atoms. The molecule has 0 saturated heterocycles. The van der Waals surface area contributed by atoms with Crippen molar-refractivity contribution in [2.24, 2.45) is 5.41 Å². The third-order valence-corrected chi connectivity index (χ3v) is 3.86.